The fourth-order valence-electron chi connectivity index (χ4n) is 2.51. The van der Waals surface area contributed by atoms with Crippen LogP contribution in [0, 0.1) is 0 Å². The van der Waals surface area contributed by atoms with Gasteiger partial charge in [0.2, 0.25) is 0 Å². The first-order chi connectivity index (χ1) is 6.83. The Hall–Kier alpha value is -0.250. The van der Waals surface area contributed by atoms with E-state index in [9.17, 15) is 0 Å². The van der Waals surface area contributed by atoms with Gasteiger partial charge in [0.25, 0.3) is 0 Å². The van der Waals surface area contributed by atoms with Gasteiger partial charge in [0.15, 0.2) is 0 Å². The van der Waals surface area contributed by atoms with Crippen LogP contribution in [-0.2, 0) is 0 Å². The van der Waals surface area contributed by atoms with Crippen LogP contribution in [0.3, 0.4) is 0 Å². The lowest BCUT2D eigenvalue weighted by molar-refractivity contribution is 0.580. The first kappa shape index (κ1) is 11.2. The fraction of sp³-hybridized carbons (Fsp3) is 0.455. The maximum Gasteiger partial charge on any atom is 0.0430 e. The fourth-order valence-corrected chi connectivity index (χ4v) is 2.64. The molecular formula is C11H14BrClN2. The number of halogens is 2. The second-order valence-electron chi connectivity index (χ2n) is 4.12. The number of benzene rings is 1. The summed E-state index contributed by atoms with van der Waals surface area (Å²) in [6.45, 7) is 2.28. The summed E-state index contributed by atoms with van der Waals surface area (Å²) < 4.78 is 0. The minimum atomic E-state index is 0. The Morgan fingerprint density at radius 2 is 2.00 bits per heavy atom. The molecule has 4 heteroatoms. The molecule has 1 N–H and O–H groups in total. The molecule has 0 saturated carbocycles. The van der Waals surface area contributed by atoms with Crippen LogP contribution in [0.5, 0.6) is 0 Å². The highest BCUT2D eigenvalue weighted by Crippen LogP contribution is 2.29. The Bertz CT molecular complexity index is 341. The first-order valence-electron chi connectivity index (χ1n) is 5.08. The lowest BCUT2D eigenvalue weighted by Gasteiger charge is -2.29. The van der Waals surface area contributed by atoms with Crippen molar-refractivity contribution in [1.82, 2.24) is 5.32 Å². The minimum Gasteiger partial charge on any atom is -0.366 e. The summed E-state index contributed by atoms with van der Waals surface area (Å²) in [6, 6.07) is 9.57. The summed E-state index contributed by atoms with van der Waals surface area (Å²) >= 11 is 5.87. The molecular weight excluding hydrogens is 275 g/mol. The maximum atomic E-state index is 5.87. The molecule has 0 aliphatic carbocycles. The molecule has 0 aromatic heterocycles. The van der Waals surface area contributed by atoms with E-state index in [-0.39, 0.29) is 17.0 Å². The molecule has 2 heterocycles. The van der Waals surface area contributed by atoms with E-state index in [4.69, 9.17) is 11.6 Å². The van der Waals surface area contributed by atoms with Crippen molar-refractivity contribution in [3.63, 3.8) is 0 Å². The molecule has 1 aromatic rings. The van der Waals surface area contributed by atoms with Crippen LogP contribution in [0.1, 0.15) is 6.42 Å². The van der Waals surface area contributed by atoms with Crippen LogP contribution in [0.25, 0.3) is 0 Å². The molecule has 2 aliphatic rings. The number of nitrogens with zero attached hydrogens (tertiary/aromatic N) is 1. The van der Waals surface area contributed by atoms with Gasteiger partial charge < -0.3 is 10.2 Å². The number of hydrogen-bond donors (Lipinski definition) is 1. The summed E-state index contributed by atoms with van der Waals surface area (Å²) in [7, 11) is 0. The van der Waals surface area contributed by atoms with Gasteiger partial charge in [0, 0.05) is 35.9 Å². The second-order valence-corrected chi connectivity index (χ2v) is 4.56. The third-order valence-corrected chi connectivity index (χ3v) is 3.47. The van der Waals surface area contributed by atoms with Crippen molar-refractivity contribution in [3.8, 4) is 0 Å². The zero-order valence-corrected chi connectivity index (χ0v) is 10.8. The topological polar surface area (TPSA) is 15.3 Å². The van der Waals surface area contributed by atoms with Crippen molar-refractivity contribution in [2.45, 2.75) is 18.5 Å². The first-order valence-corrected chi connectivity index (χ1v) is 5.46. The van der Waals surface area contributed by atoms with Crippen molar-refractivity contribution in [2.24, 2.45) is 0 Å². The van der Waals surface area contributed by atoms with Gasteiger partial charge in [-0.1, -0.05) is 11.6 Å². The van der Waals surface area contributed by atoms with Crippen molar-refractivity contribution < 1.29 is 0 Å². The normalized spacial score (nSPS) is 27.9. The van der Waals surface area contributed by atoms with E-state index in [0.717, 1.165) is 18.1 Å². The highest BCUT2D eigenvalue weighted by molar-refractivity contribution is 8.93. The maximum absolute atomic E-state index is 5.87. The molecule has 2 bridgehead atoms. The molecule has 3 rings (SSSR count). The van der Waals surface area contributed by atoms with Crippen LogP contribution in [0.2, 0.25) is 5.02 Å². The van der Waals surface area contributed by atoms with E-state index in [0.29, 0.717) is 12.1 Å². The summed E-state index contributed by atoms with van der Waals surface area (Å²) in [6.07, 6.45) is 1.29. The number of nitrogens with one attached hydrogen (secondary N) is 1. The van der Waals surface area contributed by atoms with Gasteiger partial charge >= 0.3 is 0 Å². The van der Waals surface area contributed by atoms with Gasteiger partial charge in [-0.15, -0.1) is 17.0 Å². The lowest BCUT2D eigenvalue weighted by atomic mass is 10.2. The van der Waals surface area contributed by atoms with E-state index in [1.165, 1.54) is 12.1 Å². The second kappa shape index (κ2) is 4.32. The molecule has 0 unspecified atom stereocenters. The molecule has 0 spiro atoms. The predicted molar refractivity (Wildman–Crippen MR) is 69.3 cm³/mol. The standard InChI is InChI=1S/C11H13ClN2.BrH/c12-8-1-3-10(4-2-8)14-7-9-5-11(14)6-13-9;/h1-4,9,11,13H,5-7H2;1H/t9-,11-;/m0./s1. The molecule has 15 heavy (non-hydrogen) atoms. The molecule has 2 saturated heterocycles. The quantitative estimate of drug-likeness (QED) is 0.854. The van der Waals surface area contributed by atoms with Crippen LogP contribution in [0.4, 0.5) is 5.69 Å². The molecule has 2 aliphatic heterocycles. The summed E-state index contributed by atoms with van der Waals surface area (Å²) in [5, 5.41) is 4.32. The van der Waals surface area contributed by atoms with E-state index < -0.39 is 0 Å². The van der Waals surface area contributed by atoms with Gasteiger partial charge in [-0.2, -0.15) is 0 Å². The lowest BCUT2D eigenvalue weighted by Crippen LogP contribution is -2.43. The van der Waals surface area contributed by atoms with Crippen molar-refractivity contribution in [1.29, 1.82) is 0 Å². The van der Waals surface area contributed by atoms with Gasteiger partial charge in [0.1, 0.15) is 0 Å². The summed E-state index contributed by atoms with van der Waals surface area (Å²) in [5.74, 6) is 0. The highest BCUT2D eigenvalue weighted by atomic mass is 79.9. The Morgan fingerprint density at radius 1 is 1.27 bits per heavy atom. The molecule has 2 fully saturated rings. The van der Waals surface area contributed by atoms with Crippen molar-refractivity contribution in [3.05, 3.63) is 29.3 Å². The van der Waals surface area contributed by atoms with Crippen molar-refractivity contribution in [2.75, 3.05) is 18.0 Å². The summed E-state index contributed by atoms with van der Waals surface area (Å²) in [5.41, 5.74) is 1.31. The van der Waals surface area contributed by atoms with E-state index in [1.54, 1.807) is 0 Å². The zero-order chi connectivity index (χ0) is 9.54. The van der Waals surface area contributed by atoms with E-state index >= 15 is 0 Å². The SMILES string of the molecule is Br.Clc1ccc(N2C[C@@H]3C[C@H]2CN3)cc1. The Balaban J connectivity index is 0.000000853. The third-order valence-electron chi connectivity index (χ3n) is 3.21. The number of piperazine rings is 1. The molecule has 0 amide bonds. The molecule has 2 nitrogen and oxygen atoms in total. The number of fused-ring (bicyclic) bond motifs is 2. The van der Waals surface area contributed by atoms with Crippen LogP contribution in [0.15, 0.2) is 24.3 Å². The molecule has 82 valence electrons. The minimum absolute atomic E-state index is 0. The molecule has 2 atom stereocenters. The highest BCUT2D eigenvalue weighted by Gasteiger charge is 2.37. The van der Waals surface area contributed by atoms with E-state index in [2.05, 4.69) is 22.3 Å². The number of hydrogen-bond acceptors (Lipinski definition) is 2. The Morgan fingerprint density at radius 3 is 2.53 bits per heavy atom. The van der Waals surface area contributed by atoms with Gasteiger partial charge in [-0.25, -0.2) is 0 Å². The average molecular weight is 290 g/mol. The van der Waals surface area contributed by atoms with Crippen LogP contribution in [-0.4, -0.2) is 25.2 Å². The third kappa shape index (κ3) is 2.01. The van der Waals surface area contributed by atoms with E-state index in [1.807, 2.05) is 12.1 Å². The largest absolute Gasteiger partial charge is 0.366 e. The number of anilines is 1. The van der Waals surface area contributed by atoms with Crippen LogP contribution < -0.4 is 10.2 Å². The smallest absolute Gasteiger partial charge is 0.0430 e. The number of rotatable bonds is 1. The Labute approximate surface area is 105 Å². The van der Waals surface area contributed by atoms with Gasteiger partial charge in [-0.3, -0.25) is 0 Å². The molecule has 0 radical (unpaired) electrons. The average Bonchev–Trinajstić information content (AvgIpc) is 2.80. The van der Waals surface area contributed by atoms with Crippen molar-refractivity contribution >= 4 is 34.3 Å². The van der Waals surface area contributed by atoms with Crippen LogP contribution >= 0.6 is 28.6 Å². The Kier molecular flexibility index (Phi) is 3.24. The monoisotopic (exact) mass is 288 g/mol. The van der Waals surface area contributed by atoms with Gasteiger partial charge in [0.05, 0.1) is 0 Å². The van der Waals surface area contributed by atoms with Gasteiger partial charge in [-0.05, 0) is 30.7 Å². The zero-order valence-electron chi connectivity index (χ0n) is 8.32. The molecule has 1 aromatic carbocycles. The summed E-state index contributed by atoms with van der Waals surface area (Å²) in [4.78, 5) is 2.48. The predicted octanol–water partition coefficient (Wildman–Crippen LogP) is 2.47.